The Labute approximate surface area is 142 Å². The minimum Gasteiger partial charge on any atom is -0.316 e. The fraction of sp³-hybridized carbons (Fsp3) is 0.538. The van der Waals surface area contributed by atoms with Gasteiger partial charge in [0.25, 0.3) is 0 Å². The van der Waals surface area contributed by atoms with E-state index in [2.05, 4.69) is 10.0 Å². The molecule has 2 N–H and O–H groups in total. The second-order valence-electron chi connectivity index (χ2n) is 5.10. The fourth-order valence-electron chi connectivity index (χ4n) is 2.31. The van der Waals surface area contributed by atoms with Gasteiger partial charge in [-0.05, 0) is 55.6 Å². The third-order valence-corrected chi connectivity index (χ3v) is 5.03. The van der Waals surface area contributed by atoms with Gasteiger partial charge in [-0.15, -0.1) is 12.4 Å². The Morgan fingerprint density at radius 3 is 2.48 bits per heavy atom. The number of hydrogen-bond donors (Lipinski definition) is 2. The first-order chi connectivity index (χ1) is 9.44. The van der Waals surface area contributed by atoms with E-state index in [0.29, 0.717) is 28.1 Å². The van der Waals surface area contributed by atoms with E-state index in [1.165, 1.54) is 0 Å². The van der Waals surface area contributed by atoms with Gasteiger partial charge in [0.05, 0.1) is 5.75 Å². The Morgan fingerprint density at radius 2 is 1.90 bits per heavy atom. The van der Waals surface area contributed by atoms with E-state index < -0.39 is 10.0 Å². The first-order valence-electron chi connectivity index (χ1n) is 6.58. The van der Waals surface area contributed by atoms with E-state index in [4.69, 9.17) is 23.2 Å². The Kier molecular flexibility index (Phi) is 7.74. The van der Waals surface area contributed by atoms with Crippen molar-refractivity contribution in [1.29, 1.82) is 0 Å². The van der Waals surface area contributed by atoms with Crippen molar-refractivity contribution in [2.45, 2.75) is 18.6 Å². The van der Waals surface area contributed by atoms with Crippen LogP contribution in [0.25, 0.3) is 0 Å². The molecular formula is C13H19Cl3N2O2S. The highest BCUT2D eigenvalue weighted by atomic mass is 35.5. The molecule has 1 aliphatic rings. The van der Waals surface area contributed by atoms with Gasteiger partial charge in [0.1, 0.15) is 0 Å². The summed E-state index contributed by atoms with van der Waals surface area (Å²) < 4.78 is 26.8. The van der Waals surface area contributed by atoms with Gasteiger partial charge >= 0.3 is 0 Å². The van der Waals surface area contributed by atoms with Crippen LogP contribution in [0.1, 0.15) is 18.4 Å². The molecule has 1 heterocycles. The van der Waals surface area contributed by atoms with Crippen LogP contribution in [0.2, 0.25) is 10.0 Å². The van der Waals surface area contributed by atoms with Crippen LogP contribution in [0.5, 0.6) is 0 Å². The zero-order valence-corrected chi connectivity index (χ0v) is 14.6. The molecule has 0 aliphatic carbocycles. The third-order valence-electron chi connectivity index (χ3n) is 3.27. The molecule has 1 aromatic carbocycles. The van der Waals surface area contributed by atoms with E-state index in [1.54, 1.807) is 18.2 Å². The molecule has 0 saturated carbocycles. The third kappa shape index (κ3) is 6.72. The van der Waals surface area contributed by atoms with Gasteiger partial charge < -0.3 is 5.32 Å². The number of piperidine rings is 1. The van der Waals surface area contributed by atoms with Crippen molar-refractivity contribution in [2.75, 3.05) is 19.6 Å². The molecule has 1 unspecified atom stereocenters. The van der Waals surface area contributed by atoms with E-state index in [0.717, 1.165) is 25.9 Å². The zero-order chi connectivity index (χ0) is 14.6. The summed E-state index contributed by atoms with van der Waals surface area (Å²) in [7, 11) is -3.36. The molecule has 2 rings (SSSR count). The molecule has 1 aliphatic heterocycles. The van der Waals surface area contributed by atoms with Crippen LogP contribution >= 0.6 is 35.6 Å². The summed E-state index contributed by atoms with van der Waals surface area (Å²) in [5.74, 6) is 0.259. The molecule has 1 atom stereocenters. The van der Waals surface area contributed by atoms with Gasteiger partial charge in [-0.3, -0.25) is 0 Å². The Bertz CT molecular complexity index is 540. The highest BCUT2D eigenvalue weighted by Crippen LogP contribution is 2.20. The highest BCUT2D eigenvalue weighted by molar-refractivity contribution is 7.88. The van der Waals surface area contributed by atoms with Crippen LogP contribution in [0, 0.1) is 5.92 Å². The summed E-state index contributed by atoms with van der Waals surface area (Å²) in [4.78, 5) is 0. The Balaban J connectivity index is 0.00000220. The van der Waals surface area contributed by atoms with Gasteiger partial charge in [-0.1, -0.05) is 23.2 Å². The Morgan fingerprint density at radius 1 is 1.24 bits per heavy atom. The lowest BCUT2D eigenvalue weighted by Crippen LogP contribution is -2.38. The molecule has 4 nitrogen and oxygen atoms in total. The highest BCUT2D eigenvalue weighted by Gasteiger charge is 2.17. The van der Waals surface area contributed by atoms with E-state index >= 15 is 0 Å². The molecule has 1 saturated heterocycles. The van der Waals surface area contributed by atoms with Crippen LogP contribution < -0.4 is 10.0 Å². The first-order valence-corrected chi connectivity index (χ1v) is 8.98. The molecule has 0 bridgehead atoms. The number of halogens is 3. The minimum absolute atomic E-state index is 0. The quantitative estimate of drug-likeness (QED) is 0.834. The summed E-state index contributed by atoms with van der Waals surface area (Å²) in [5, 5.41) is 4.15. The lowest BCUT2D eigenvalue weighted by molar-refractivity contribution is 0.376. The van der Waals surface area contributed by atoms with Crippen molar-refractivity contribution in [3.05, 3.63) is 33.8 Å². The maximum atomic E-state index is 12.0. The second-order valence-corrected chi connectivity index (χ2v) is 7.78. The molecular weight excluding hydrogens is 355 g/mol. The summed E-state index contributed by atoms with van der Waals surface area (Å²) in [5.41, 5.74) is 0.594. The summed E-state index contributed by atoms with van der Waals surface area (Å²) in [6, 6.07) is 4.82. The monoisotopic (exact) mass is 372 g/mol. The smallest absolute Gasteiger partial charge is 0.215 e. The normalized spacial score (nSPS) is 19.0. The predicted molar refractivity (Wildman–Crippen MR) is 89.9 cm³/mol. The van der Waals surface area contributed by atoms with Crippen molar-refractivity contribution < 1.29 is 8.42 Å². The molecule has 0 aromatic heterocycles. The Hall–Kier alpha value is -0.0400. The van der Waals surface area contributed by atoms with Gasteiger partial charge in [0.2, 0.25) is 10.0 Å². The van der Waals surface area contributed by atoms with Crippen LogP contribution in [-0.4, -0.2) is 28.1 Å². The molecule has 120 valence electrons. The number of nitrogens with one attached hydrogen (secondary N) is 2. The van der Waals surface area contributed by atoms with Crippen LogP contribution in [0.3, 0.4) is 0 Å². The van der Waals surface area contributed by atoms with Crippen molar-refractivity contribution in [3.8, 4) is 0 Å². The van der Waals surface area contributed by atoms with Gasteiger partial charge in [-0.25, -0.2) is 13.1 Å². The second kappa shape index (κ2) is 8.56. The minimum atomic E-state index is -3.36. The van der Waals surface area contributed by atoms with Gasteiger partial charge in [0.15, 0.2) is 0 Å². The topological polar surface area (TPSA) is 58.2 Å². The summed E-state index contributed by atoms with van der Waals surface area (Å²) >= 11 is 11.7. The van der Waals surface area contributed by atoms with E-state index in [9.17, 15) is 8.42 Å². The van der Waals surface area contributed by atoms with Crippen molar-refractivity contribution >= 4 is 45.6 Å². The average molecular weight is 374 g/mol. The number of benzene rings is 1. The standard InChI is InChI=1S/C13H18Cl2N2O2S.ClH/c14-12-4-11(5-13(15)6-12)9-20(18,19)17-8-10-2-1-3-16-7-10;/h4-6,10,16-17H,1-3,7-9H2;1H. The molecule has 1 aromatic rings. The maximum absolute atomic E-state index is 12.0. The predicted octanol–water partition coefficient (Wildman–Crippen LogP) is 2.83. The largest absolute Gasteiger partial charge is 0.316 e. The fourth-order valence-corrected chi connectivity index (χ4v) is 4.08. The van der Waals surface area contributed by atoms with Crippen molar-refractivity contribution in [2.24, 2.45) is 5.92 Å². The van der Waals surface area contributed by atoms with Crippen LogP contribution in [0.4, 0.5) is 0 Å². The van der Waals surface area contributed by atoms with Crippen LogP contribution in [0.15, 0.2) is 18.2 Å². The van der Waals surface area contributed by atoms with Crippen LogP contribution in [-0.2, 0) is 15.8 Å². The number of sulfonamides is 1. The molecule has 0 spiro atoms. The van der Waals surface area contributed by atoms with Crippen molar-refractivity contribution in [1.82, 2.24) is 10.0 Å². The molecule has 21 heavy (non-hydrogen) atoms. The molecule has 0 amide bonds. The van der Waals surface area contributed by atoms with Gasteiger partial charge in [0, 0.05) is 16.6 Å². The molecule has 1 fully saturated rings. The lowest BCUT2D eigenvalue weighted by atomic mass is 10.0. The van der Waals surface area contributed by atoms with Crippen molar-refractivity contribution in [3.63, 3.8) is 0 Å². The molecule has 8 heteroatoms. The summed E-state index contributed by atoms with van der Waals surface area (Å²) in [6.45, 7) is 2.36. The number of hydrogen-bond acceptors (Lipinski definition) is 3. The maximum Gasteiger partial charge on any atom is 0.215 e. The summed E-state index contributed by atoms with van der Waals surface area (Å²) in [6.07, 6.45) is 2.15. The zero-order valence-electron chi connectivity index (χ0n) is 11.4. The molecule has 0 radical (unpaired) electrons. The average Bonchev–Trinajstić information content (AvgIpc) is 2.36. The lowest BCUT2D eigenvalue weighted by Gasteiger charge is -2.22. The van der Waals surface area contributed by atoms with E-state index in [-0.39, 0.29) is 18.2 Å². The first kappa shape index (κ1) is 19.0. The SMILES string of the molecule is Cl.O=S(=O)(Cc1cc(Cl)cc(Cl)c1)NCC1CCCNC1. The van der Waals surface area contributed by atoms with Gasteiger partial charge in [-0.2, -0.15) is 0 Å². The van der Waals surface area contributed by atoms with E-state index in [1.807, 2.05) is 0 Å². The number of rotatable bonds is 5.